The second-order valence-corrected chi connectivity index (χ2v) is 7.04. The van der Waals surface area contributed by atoms with E-state index in [-0.39, 0.29) is 11.3 Å². The van der Waals surface area contributed by atoms with Gasteiger partial charge in [-0.2, -0.15) is 0 Å². The molecule has 0 saturated carbocycles. The third-order valence-corrected chi connectivity index (χ3v) is 4.77. The molecule has 152 valence electrons. The zero-order valence-corrected chi connectivity index (χ0v) is 16.8. The van der Waals surface area contributed by atoms with Gasteiger partial charge in [-0.25, -0.2) is 0 Å². The fourth-order valence-corrected chi connectivity index (χ4v) is 3.33. The molecule has 1 aromatic heterocycles. The molecule has 0 bridgehead atoms. The predicted octanol–water partition coefficient (Wildman–Crippen LogP) is 2.46. The zero-order valence-electron chi connectivity index (χ0n) is 16.8. The molecule has 1 fully saturated rings. The second-order valence-electron chi connectivity index (χ2n) is 7.04. The average Bonchev–Trinajstić information content (AvgIpc) is 2.98. The van der Waals surface area contributed by atoms with Gasteiger partial charge in [-0.1, -0.05) is 6.07 Å². The molecule has 1 atom stereocenters. The number of benzene rings is 1. The quantitative estimate of drug-likeness (QED) is 0.441. The summed E-state index contributed by atoms with van der Waals surface area (Å²) in [7, 11) is 3.80. The fraction of sp³-hybridized carbons (Fsp3) is 0.318. The van der Waals surface area contributed by atoms with Crippen molar-refractivity contribution in [3.05, 3.63) is 65.5 Å². The third kappa shape index (κ3) is 4.30. The maximum absolute atomic E-state index is 12.9. The maximum atomic E-state index is 12.9. The molecule has 7 nitrogen and oxygen atoms in total. The average molecular weight is 395 g/mol. The van der Waals surface area contributed by atoms with E-state index < -0.39 is 17.7 Å². The first-order valence-corrected chi connectivity index (χ1v) is 9.50. The fourth-order valence-electron chi connectivity index (χ4n) is 3.33. The van der Waals surface area contributed by atoms with Gasteiger partial charge in [-0.05, 0) is 56.9 Å². The van der Waals surface area contributed by atoms with E-state index in [9.17, 15) is 14.7 Å². The lowest BCUT2D eigenvalue weighted by Crippen LogP contribution is -2.35. The van der Waals surface area contributed by atoms with Gasteiger partial charge in [-0.15, -0.1) is 0 Å². The number of ketones is 1. The molecule has 3 rings (SSSR count). The van der Waals surface area contributed by atoms with E-state index in [0.29, 0.717) is 36.6 Å². The predicted molar refractivity (Wildman–Crippen MR) is 109 cm³/mol. The van der Waals surface area contributed by atoms with Crippen molar-refractivity contribution in [2.75, 3.05) is 33.8 Å². The van der Waals surface area contributed by atoms with Crippen molar-refractivity contribution in [1.82, 2.24) is 14.8 Å². The van der Waals surface area contributed by atoms with Crippen LogP contribution in [0.3, 0.4) is 0 Å². The number of hydrogen-bond donors (Lipinski definition) is 1. The highest BCUT2D eigenvalue weighted by Crippen LogP contribution is 2.39. The Balaban J connectivity index is 2.07. The molecule has 1 aromatic carbocycles. The van der Waals surface area contributed by atoms with Crippen molar-refractivity contribution in [1.29, 1.82) is 0 Å². The third-order valence-electron chi connectivity index (χ3n) is 4.77. The molecule has 0 aliphatic carbocycles. The number of likely N-dealkylation sites (tertiary alicyclic amines) is 1. The van der Waals surface area contributed by atoms with E-state index in [1.165, 1.54) is 4.90 Å². The van der Waals surface area contributed by atoms with Crippen LogP contribution in [0.15, 0.2) is 54.4 Å². The van der Waals surface area contributed by atoms with Gasteiger partial charge in [0.15, 0.2) is 0 Å². The number of likely N-dealkylation sites (N-methyl/N-ethyl adjacent to an activating group) is 1. The van der Waals surface area contributed by atoms with Crippen molar-refractivity contribution in [3.8, 4) is 5.75 Å². The van der Waals surface area contributed by atoms with Crippen molar-refractivity contribution in [2.45, 2.75) is 13.0 Å². The number of ether oxygens (including phenoxy) is 1. The van der Waals surface area contributed by atoms with Gasteiger partial charge in [0.05, 0.1) is 18.2 Å². The molecule has 7 heteroatoms. The number of Topliss-reactive ketones (excluding diaryl/α,β-unsaturated/α-hetero) is 1. The highest BCUT2D eigenvalue weighted by Gasteiger charge is 2.45. The van der Waals surface area contributed by atoms with Crippen LogP contribution in [0, 0.1) is 0 Å². The smallest absolute Gasteiger partial charge is 0.295 e. The Bertz CT molecular complexity index is 907. The van der Waals surface area contributed by atoms with E-state index in [1.54, 1.807) is 48.8 Å². The zero-order chi connectivity index (χ0) is 21.0. The Morgan fingerprint density at radius 1 is 1.21 bits per heavy atom. The summed E-state index contributed by atoms with van der Waals surface area (Å²) in [5.74, 6) is -0.843. The van der Waals surface area contributed by atoms with E-state index in [1.807, 2.05) is 25.9 Å². The van der Waals surface area contributed by atoms with Crippen molar-refractivity contribution in [3.63, 3.8) is 0 Å². The minimum atomic E-state index is -0.691. The van der Waals surface area contributed by atoms with Crippen molar-refractivity contribution >= 4 is 17.4 Å². The van der Waals surface area contributed by atoms with Crippen LogP contribution in [0.5, 0.6) is 5.75 Å². The number of aliphatic hydroxyl groups is 1. The summed E-state index contributed by atoms with van der Waals surface area (Å²) in [6.45, 7) is 3.37. The lowest BCUT2D eigenvalue weighted by Gasteiger charge is -2.26. The van der Waals surface area contributed by atoms with Crippen molar-refractivity contribution < 1.29 is 19.4 Å². The van der Waals surface area contributed by atoms with Crippen LogP contribution in [-0.4, -0.2) is 65.4 Å². The highest BCUT2D eigenvalue weighted by molar-refractivity contribution is 6.46. The molecule has 1 aliphatic heterocycles. The number of carbonyl (C=O) groups excluding carboxylic acids is 2. The Morgan fingerprint density at radius 2 is 1.93 bits per heavy atom. The largest absolute Gasteiger partial charge is 0.507 e. The second kappa shape index (κ2) is 8.87. The summed E-state index contributed by atoms with van der Waals surface area (Å²) in [6, 6.07) is 9.66. The standard InChI is InChI=1S/C22H25N3O4/c1-4-29-17-9-7-15(8-10-17)20(26)18-19(16-6-5-11-23-14-16)25(13-12-24(2)3)22(28)21(18)27/h5-11,14,19,26H,4,12-13H2,1-3H3/b20-18-. The molecule has 1 amide bonds. The number of pyridine rings is 1. The number of carbonyl (C=O) groups is 2. The summed E-state index contributed by atoms with van der Waals surface area (Å²) < 4.78 is 5.43. The van der Waals surface area contributed by atoms with Crippen LogP contribution in [0.25, 0.3) is 5.76 Å². The Kier molecular flexibility index (Phi) is 6.29. The van der Waals surface area contributed by atoms with Crippen molar-refractivity contribution in [2.24, 2.45) is 0 Å². The first-order valence-electron chi connectivity index (χ1n) is 9.50. The number of nitrogens with zero attached hydrogens (tertiary/aromatic N) is 3. The lowest BCUT2D eigenvalue weighted by atomic mass is 9.96. The number of rotatable bonds is 7. The SMILES string of the molecule is CCOc1ccc(/C(O)=C2/C(=O)C(=O)N(CCN(C)C)C2c2cccnc2)cc1. The number of aliphatic hydroxyl groups excluding tert-OH is 1. The van der Waals surface area contributed by atoms with Gasteiger partial charge in [-0.3, -0.25) is 14.6 Å². The van der Waals surface area contributed by atoms with Gasteiger partial charge in [0.2, 0.25) is 0 Å². The molecular formula is C22H25N3O4. The molecule has 1 saturated heterocycles. The van der Waals surface area contributed by atoms with Crippen LogP contribution < -0.4 is 4.74 Å². The van der Waals surface area contributed by atoms with Gasteiger partial charge >= 0.3 is 0 Å². The molecule has 2 heterocycles. The summed E-state index contributed by atoms with van der Waals surface area (Å²) >= 11 is 0. The minimum absolute atomic E-state index is 0.0749. The topological polar surface area (TPSA) is 83.0 Å². The van der Waals surface area contributed by atoms with E-state index >= 15 is 0 Å². The number of amides is 1. The van der Waals surface area contributed by atoms with Gasteiger partial charge in [0.25, 0.3) is 11.7 Å². The number of hydrogen-bond acceptors (Lipinski definition) is 6. The molecule has 1 N–H and O–H groups in total. The summed E-state index contributed by atoms with van der Waals surface area (Å²) in [5.41, 5.74) is 1.21. The molecule has 1 unspecified atom stereocenters. The van der Waals surface area contributed by atoms with Crippen LogP contribution in [-0.2, 0) is 9.59 Å². The van der Waals surface area contributed by atoms with Crippen LogP contribution >= 0.6 is 0 Å². The summed E-state index contributed by atoms with van der Waals surface area (Å²) in [6.07, 6.45) is 3.24. The van der Waals surface area contributed by atoms with Gasteiger partial charge in [0, 0.05) is 31.0 Å². The Morgan fingerprint density at radius 3 is 2.52 bits per heavy atom. The number of aromatic nitrogens is 1. The van der Waals surface area contributed by atoms with Gasteiger partial charge < -0.3 is 19.6 Å². The Labute approximate surface area is 170 Å². The first-order chi connectivity index (χ1) is 13.9. The van der Waals surface area contributed by atoms with Crippen LogP contribution in [0.4, 0.5) is 0 Å². The Hall–Kier alpha value is -3.19. The monoisotopic (exact) mass is 395 g/mol. The molecule has 0 spiro atoms. The summed E-state index contributed by atoms with van der Waals surface area (Å²) in [4.78, 5) is 33.2. The molecular weight excluding hydrogens is 370 g/mol. The van der Waals surface area contributed by atoms with Gasteiger partial charge in [0.1, 0.15) is 11.5 Å². The highest BCUT2D eigenvalue weighted by atomic mass is 16.5. The molecule has 0 radical (unpaired) electrons. The molecule has 2 aromatic rings. The van der Waals surface area contributed by atoms with E-state index in [4.69, 9.17) is 4.74 Å². The first kappa shape index (κ1) is 20.5. The summed E-state index contributed by atoms with van der Waals surface area (Å²) in [5, 5.41) is 11.0. The van der Waals surface area contributed by atoms with E-state index in [2.05, 4.69) is 4.98 Å². The maximum Gasteiger partial charge on any atom is 0.295 e. The molecule has 29 heavy (non-hydrogen) atoms. The van der Waals surface area contributed by atoms with E-state index in [0.717, 1.165) is 0 Å². The lowest BCUT2D eigenvalue weighted by molar-refractivity contribution is -0.140. The minimum Gasteiger partial charge on any atom is -0.507 e. The normalized spacial score (nSPS) is 18.5. The van der Waals surface area contributed by atoms with Crippen LogP contribution in [0.2, 0.25) is 0 Å². The van der Waals surface area contributed by atoms with Crippen LogP contribution in [0.1, 0.15) is 24.1 Å². The molecule has 1 aliphatic rings.